The predicted molar refractivity (Wildman–Crippen MR) is 116 cm³/mol. The van der Waals surface area contributed by atoms with Crippen molar-refractivity contribution in [2.75, 3.05) is 12.0 Å². The maximum absolute atomic E-state index is 13.4. The van der Waals surface area contributed by atoms with Crippen LogP contribution in [0.2, 0.25) is 0 Å². The summed E-state index contributed by atoms with van der Waals surface area (Å²) in [7, 11) is 1.48. The van der Waals surface area contributed by atoms with E-state index in [2.05, 4.69) is 14.9 Å². The van der Waals surface area contributed by atoms with Crippen molar-refractivity contribution in [3.05, 3.63) is 77.5 Å². The second kappa shape index (κ2) is 9.34. The van der Waals surface area contributed by atoms with Crippen LogP contribution >= 0.6 is 0 Å². The van der Waals surface area contributed by atoms with Crippen LogP contribution in [0.3, 0.4) is 0 Å². The third-order valence-electron chi connectivity index (χ3n) is 5.44. The van der Waals surface area contributed by atoms with Crippen molar-refractivity contribution in [1.29, 1.82) is 0 Å². The normalized spacial score (nSPS) is 17.9. The zero-order valence-electron chi connectivity index (χ0n) is 18.1. The lowest BCUT2D eigenvalue weighted by Gasteiger charge is -2.26. The van der Waals surface area contributed by atoms with Gasteiger partial charge < -0.3 is 9.47 Å². The van der Waals surface area contributed by atoms with Crippen molar-refractivity contribution >= 4 is 23.3 Å². The Morgan fingerprint density at radius 3 is 2.15 bits per heavy atom. The van der Waals surface area contributed by atoms with Crippen molar-refractivity contribution in [3.8, 4) is 11.5 Å². The van der Waals surface area contributed by atoms with Gasteiger partial charge in [0.2, 0.25) is 5.78 Å². The van der Waals surface area contributed by atoms with E-state index in [1.807, 2.05) is 0 Å². The fourth-order valence-electron chi connectivity index (χ4n) is 3.82. The molecular weight excluding hydrogens is 448 g/mol. The molecule has 4 rings (SSSR count). The number of hydrogen-bond acceptors (Lipinski definition) is 7. The van der Waals surface area contributed by atoms with Crippen molar-refractivity contribution in [2.45, 2.75) is 19.6 Å². The van der Waals surface area contributed by atoms with Gasteiger partial charge in [0.05, 0.1) is 18.8 Å². The first-order valence-corrected chi connectivity index (χ1v) is 10.2. The van der Waals surface area contributed by atoms with Crippen molar-refractivity contribution in [2.24, 2.45) is 5.92 Å². The Morgan fingerprint density at radius 2 is 1.59 bits per heavy atom. The lowest BCUT2D eigenvalue weighted by molar-refractivity contribution is -0.135. The molecule has 2 aromatic carbocycles. The van der Waals surface area contributed by atoms with Crippen LogP contribution in [-0.4, -0.2) is 41.4 Å². The van der Waals surface area contributed by atoms with Crippen LogP contribution in [-0.2, 0) is 9.59 Å². The van der Waals surface area contributed by atoms with E-state index in [9.17, 15) is 23.2 Å². The number of carbonyl (C=O) groups excluding carboxylic acids is 3. The van der Waals surface area contributed by atoms with Crippen LogP contribution in [0.5, 0.6) is 11.5 Å². The Hall–Kier alpha value is -4.21. The van der Waals surface area contributed by atoms with Crippen LogP contribution < -0.4 is 14.4 Å². The number of benzene rings is 2. The molecule has 1 amide bonds. The van der Waals surface area contributed by atoms with Gasteiger partial charge in [0.1, 0.15) is 17.4 Å². The first-order valence-electron chi connectivity index (χ1n) is 10.2. The lowest BCUT2D eigenvalue weighted by Crippen LogP contribution is -2.31. The topological polar surface area (TPSA) is 98.7 Å². The zero-order chi connectivity index (χ0) is 24.4. The number of hydrogen-bond donors (Lipinski definition) is 0. The molecule has 0 bridgehead atoms. The monoisotopic (exact) mass is 467 g/mol. The number of anilines is 1. The van der Waals surface area contributed by atoms with E-state index in [0.717, 1.165) is 4.90 Å². The molecule has 2 heterocycles. The number of Topliss-reactive ketones (excluding diaryl/α,β-unsaturated/α-hetero) is 2. The summed E-state index contributed by atoms with van der Waals surface area (Å²) in [5.74, 6) is -3.26. The highest BCUT2D eigenvalue weighted by molar-refractivity contribution is 6.48. The molecule has 1 aliphatic heterocycles. The molecule has 1 aromatic heterocycles. The first-order chi connectivity index (χ1) is 16.3. The van der Waals surface area contributed by atoms with Gasteiger partial charge in [0.25, 0.3) is 5.91 Å². The molecule has 0 saturated carbocycles. The summed E-state index contributed by atoms with van der Waals surface area (Å²) in [5, 5.41) is 7.97. The van der Waals surface area contributed by atoms with Crippen LogP contribution in [0.15, 0.2) is 60.7 Å². The highest BCUT2D eigenvalue weighted by atomic mass is 19.3. The standard InChI is InChI=1S/C24H19F2N3O5/c1-13-3-12-18(28-27-13)29-20(14-4-10-17(11-5-14)34-24(25)26)19(22(31)23(29)32)21(30)15-6-8-16(33-2)9-7-15/h3-12,19-20,24H,1-2H3. The predicted octanol–water partition coefficient (Wildman–Crippen LogP) is 3.55. The quantitative estimate of drug-likeness (QED) is 0.298. The molecule has 0 spiro atoms. The van der Waals surface area contributed by atoms with E-state index >= 15 is 0 Å². The third-order valence-corrected chi connectivity index (χ3v) is 5.44. The Kier molecular flexibility index (Phi) is 6.31. The van der Waals surface area contributed by atoms with Gasteiger partial charge in [0, 0.05) is 5.56 Å². The molecule has 2 atom stereocenters. The fourth-order valence-corrected chi connectivity index (χ4v) is 3.82. The van der Waals surface area contributed by atoms with Gasteiger partial charge in [0.15, 0.2) is 11.6 Å². The van der Waals surface area contributed by atoms with E-state index in [1.165, 1.54) is 49.6 Å². The van der Waals surface area contributed by atoms with Crippen LogP contribution in [0, 0.1) is 12.8 Å². The number of amides is 1. The highest BCUT2D eigenvalue weighted by Gasteiger charge is 2.52. The number of nitrogens with zero attached hydrogens (tertiary/aromatic N) is 3. The van der Waals surface area contributed by atoms with Gasteiger partial charge in [-0.1, -0.05) is 12.1 Å². The molecule has 0 aliphatic carbocycles. The summed E-state index contributed by atoms with van der Waals surface area (Å²) in [4.78, 5) is 40.7. The molecule has 1 saturated heterocycles. The smallest absolute Gasteiger partial charge is 0.387 e. The number of methoxy groups -OCH3 is 1. The van der Waals surface area contributed by atoms with Gasteiger partial charge in [-0.3, -0.25) is 19.3 Å². The van der Waals surface area contributed by atoms with Crippen LogP contribution in [0.25, 0.3) is 0 Å². The summed E-state index contributed by atoms with van der Waals surface area (Å²) >= 11 is 0. The second-order valence-corrected chi connectivity index (χ2v) is 7.54. The second-order valence-electron chi connectivity index (χ2n) is 7.54. The average molecular weight is 467 g/mol. The molecule has 1 fully saturated rings. The largest absolute Gasteiger partial charge is 0.497 e. The van der Waals surface area contributed by atoms with E-state index < -0.39 is 36.0 Å². The maximum atomic E-state index is 13.4. The lowest BCUT2D eigenvalue weighted by atomic mass is 9.86. The number of rotatable bonds is 7. The molecule has 0 N–H and O–H groups in total. The maximum Gasteiger partial charge on any atom is 0.387 e. The van der Waals surface area contributed by atoms with Crippen molar-refractivity contribution < 1.29 is 32.6 Å². The van der Waals surface area contributed by atoms with Crippen molar-refractivity contribution in [1.82, 2.24) is 10.2 Å². The summed E-state index contributed by atoms with van der Waals surface area (Å²) in [6.07, 6.45) is 0. The number of aryl methyl sites for hydroxylation is 1. The van der Waals surface area contributed by atoms with Gasteiger partial charge in [-0.05, 0) is 61.0 Å². The van der Waals surface area contributed by atoms with Crippen LogP contribution in [0.1, 0.15) is 27.7 Å². The van der Waals surface area contributed by atoms with Gasteiger partial charge >= 0.3 is 6.61 Å². The molecule has 34 heavy (non-hydrogen) atoms. The van der Waals surface area contributed by atoms with Crippen LogP contribution in [0.4, 0.5) is 14.6 Å². The molecule has 10 heteroatoms. The third kappa shape index (κ3) is 4.34. The molecule has 174 valence electrons. The molecule has 3 aromatic rings. The Balaban J connectivity index is 1.79. The number of ketones is 2. The number of aromatic nitrogens is 2. The summed E-state index contributed by atoms with van der Waals surface area (Å²) in [6, 6.07) is 13.6. The first kappa shape index (κ1) is 23.0. The van der Waals surface area contributed by atoms with Crippen molar-refractivity contribution in [3.63, 3.8) is 0 Å². The Labute approximate surface area is 193 Å². The van der Waals surface area contributed by atoms with Gasteiger partial charge in [-0.15, -0.1) is 5.10 Å². The number of halogens is 2. The zero-order valence-corrected chi connectivity index (χ0v) is 18.1. The van der Waals surface area contributed by atoms with E-state index in [-0.39, 0.29) is 17.1 Å². The minimum absolute atomic E-state index is 0.0897. The Morgan fingerprint density at radius 1 is 0.941 bits per heavy atom. The number of carbonyl (C=O) groups is 3. The van der Waals surface area contributed by atoms with E-state index in [1.54, 1.807) is 25.1 Å². The number of ether oxygens (including phenoxy) is 2. The van der Waals surface area contributed by atoms with Gasteiger partial charge in [-0.25, -0.2) is 0 Å². The molecule has 2 unspecified atom stereocenters. The minimum atomic E-state index is -3.01. The Bertz CT molecular complexity index is 1210. The molecule has 8 nitrogen and oxygen atoms in total. The summed E-state index contributed by atoms with van der Waals surface area (Å²) < 4.78 is 34.6. The number of alkyl halides is 2. The minimum Gasteiger partial charge on any atom is -0.497 e. The summed E-state index contributed by atoms with van der Waals surface area (Å²) in [6.45, 7) is -1.30. The molecular formula is C24H19F2N3O5. The van der Waals surface area contributed by atoms with E-state index in [4.69, 9.17) is 4.74 Å². The molecule has 1 aliphatic rings. The van der Waals surface area contributed by atoms with Gasteiger partial charge in [-0.2, -0.15) is 13.9 Å². The van der Waals surface area contributed by atoms with E-state index in [0.29, 0.717) is 17.0 Å². The molecule has 0 radical (unpaired) electrons. The summed E-state index contributed by atoms with van der Waals surface area (Å²) in [5.41, 5.74) is 1.18. The average Bonchev–Trinajstić information content (AvgIpc) is 3.10. The fraction of sp³-hybridized carbons (Fsp3) is 0.208. The highest BCUT2D eigenvalue weighted by Crippen LogP contribution is 2.41. The SMILES string of the molecule is COc1ccc(C(=O)C2C(=O)C(=O)N(c3ccc(C)nn3)C2c2ccc(OC(F)F)cc2)cc1.